The van der Waals surface area contributed by atoms with Crippen LogP contribution in [0.2, 0.25) is 0 Å². The molecule has 3 heteroatoms. The van der Waals surface area contributed by atoms with E-state index in [-0.39, 0.29) is 6.04 Å². The average molecular weight is 285 g/mol. The molecule has 0 fully saturated rings. The van der Waals surface area contributed by atoms with Crippen LogP contribution in [-0.4, -0.2) is 21.3 Å². The van der Waals surface area contributed by atoms with Crippen LogP contribution in [0.1, 0.15) is 22.7 Å². The molecule has 2 rings (SSSR count). The fourth-order valence-electron chi connectivity index (χ4n) is 2.59. The van der Waals surface area contributed by atoms with Crippen molar-refractivity contribution in [2.45, 2.75) is 19.4 Å². The average Bonchev–Trinajstić information content (AvgIpc) is 2.53. The lowest BCUT2D eigenvalue weighted by molar-refractivity contribution is 0.353. The summed E-state index contributed by atoms with van der Waals surface area (Å²) in [5.41, 5.74) is 3.74. The maximum atomic E-state index is 5.42. The van der Waals surface area contributed by atoms with Gasteiger partial charge in [0.05, 0.1) is 14.2 Å². The first-order valence-electron chi connectivity index (χ1n) is 7.13. The van der Waals surface area contributed by atoms with E-state index in [1.54, 1.807) is 14.2 Å². The number of nitrogens with one attached hydrogen (secondary N) is 1. The van der Waals surface area contributed by atoms with Crippen molar-refractivity contribution in [1.82, 2.24) is 5.32 Å². The Bertz CT molecular complexity index is 581. The van der Waals surface area contributed by atoms with Gasteiger partial charge in [-0.3, -0.25) is 0 Å². The molecule has 0 spiro atoms. The van der Waals surface area contributed by atoms with Gasteiger partial charge < -0.3 is 14.8 Å². The SMILES string of the molecule is CNC(Cc1ccccc1)c1cc(OC)c(OC)cc1C. The highest BCUT2D eigenvalue weighted by molar-refractivity contribution is 5.48. The molecule has 21 heavy (non-hydrogen) atoms. The van der Waals surface area contributed by atoms with Crippen molar-refractivity contribution in [3.05, 3.63) is 59.2 Å². The van der Waals surface area contributed by atoms with Gasteiger partial charge in [-0.15, -0.1) is 0 Å². The van der Waals surface area contributed by atoms with E-state index in [2.05, 4.69) is 42.6 Å². The van der Waals surface area contributed by atoms with Gasteiger partial charge in [-0.1, -0.05) is 30.3 Å². The van der Waals surface area contributed by atoms with Crippen molar-refractivity contribution in [3.8, 4) is 11.5 Å². The third kappa shape index (κ3) is 3.56. The van der Waals surface area contributed by atoms with E-state index in [1.165, 1.54) is 16.7 Å². The largest absolute Gasteiger partial charge is 0.493 e. The Labute approximate surface area is 126 Å². The molecule has 2 aromatic rings. The first-order valence-corrected chi connectivity index (χ1v) is 7.13. The first kappa shape index (κ1) is 15.4. The Morgan fingerprint density at radius 2 is 1.62 bits per heavy atom. The van der Waals surface area contributed by atoms with Gasteiger partial charge in [0, 0.05) is 6.04 Å². The monoisotopic (exact) mass is 285 g/mol. The van der Waals surface area contributed by atoms with E-state index in [0.717, 1.165) is 17.9 Å². The number of hydrogen-bond donors (Lipinski definition) is 1. The normalized spacial score (nSPS) is 12.0. The summed E-state index contributed by atoms with van der Waals surface area (Å²) >= 11 is 0. The molecular formula is C18H23NO2. The molecular weight excluding hydrogens is 262 g/mol. The fourth-order valence-corrected chi connectivity index (χ4v) is 2.59. The van der Waals surface area contributed by atoms with Gasteiger partial charge in [0.2, 0.25) is 0 Å². The third-order valence-electron chi connectivity index (χ3n) is 3.78. The van der Waals surface area contributed by atoms with E-state index in [0.29, 0.717) is 0 Å². The van der Waals surface area contributed by atoms with Crippen molar-refractivity contribution in [1.29, 1.82) is 0 Å². The first-order chi connectivity index (χ1) is 10.2. The number of rotatable bonds is 6. The molecule has 2 aromatic carbocycles. The van der Waals surface area contributed by atoms with Gasteiger partial charge >= 0.3 is 0 Å². The summed E-state index contributed by atoms with van der Waals surface area (Å²) in [4.78, 5) is 0. The van der Waals surface area contributed by atoms with Crippen molar-refractivity contribution in [2.75, 3.05) is 21.3 Å². The van der Waals surface area contributed by atoms with Gasteiger partial charge in [0.1, 0.15) is 0 Å². The second-order valence-electron chi connectivity index (χ2n) is 5.09. The Balaban J connectivity index is 2.33. The predicted octanol–water partition coefficient (Wildman–Crippen LogP) is 3.52. The minimum atomic E-state index is 0.243. The molecule has 0 saturated heterocycles. The highest BCUT2D eigenvalue weighted by Crippen LogP contribution is 2.33. The van der Waals surface area contributed by atoms with Crippen LogP contribution in [0.4, 0.5) is 0 Å². The van der Waals surface area contributed by atoms with Gasteiger partial charge in [-0.2, -0.15) is 0 Å². The van der Waals surface area contributed by atoms with Crippen LogP contribution in [0.5, 0.6) is 11.5 Å². The fraction of sp³-hybridized carbons (Fsp3) is 0.333. The maximum absolute atomic E-state index is 5.42. The summed E-state index contributed by atoms with van der Waals surface area (Å²) in [6.45, 7) is 2.10. The molecule has 1 N–H and O–H groups in total. The van der Waals surface area contributed by atoms with Crippen molar-refractivity contribution in [3.63, 3.8) is 0 Å². The van der Waals surface area contributed by atoms with E-state index in [4.69, 9.17) is 9.47 Å². The Hall–Kier alpha value is -2.00. The second-order valence-corrected chi connectivity index (χ2v) is 5.09. The Morgan fingerprint density at radius 3 is 2.19 bits per heavy atom. The smallest absolute Gasteiger partial charge is 0.161 e. The lowest BCUT2D eigenvalue weighted by Crippen LogP contribution is -2.20. The van der Waals surface area contributed by atoms with Crippen molar-refractivity contribution < 1.29 is 9.47 Å². The third-order valence-corrected chi connectivity index (χ3v) is 3.78. The van der Waals surface area contributed by atoms with Crippen LogP contribution in [0.15, 0.2) is 42.5 Å². The summed E-state index contributed by atoms with van der Waals surface area (Å²) in [5, 5.41) is 3.40. The molecule has 1 unspecified atom stereocenters. The van der Waals surface area contributed by atoms with E-state index in [9.17, 15) is 0 Å². The van der Waals surface area contributed by atoms with Gasteiger partial charge in [0.15, 0.2) is 11.5 Å². The molecule has 3 nitrogen and oxygen atoms in total. The van der Waals surface area contributed by atoms with Gasteiger partial charge in [0.25, 0.3) is 0 Å². The standard InChI is InChI=1S/C18H23NO2/c1-13-10-17(20-3)18(21-4)12-15(13)16(19-2)11-14-8-6-5-7-9-14/h5-10,12,16,19H,11H2,1-4H3. The highest BCUT2D eigenvalue weighted by Gasteiger charge is 2.16. The van der Waals surface area contributed by atoms with Crippen LogP contribution in [0.25, 0.3) is 0 Å². The Morgan fingerprint density at radius 1 is 1.00 bits per heavy atom. The Kier molecular flexibility index (Phi) is 5.23. The summed E-state index contributed by atoms with van der Waals surface area (Å²) in [6.07, 6.45) is 0.938. The van der Waals surface area contributed by atoms with Crippen molar-refractivity contribution in [2.24, 2.45) is 0 Å². The van der Waals surface area contributed by atoms with E-state index < -0.39 is 0 Å². The van der Waals surface area contributed by atoms with Crippen LogP contribution < -0.4 is 14.8 Å². The minimum absolute atomic E-state index is 0.243. The predicted molar refractivity (Wildman–Crippen MR) is 86.2 cm³/mol. The number of hydrogen-bond acceptors (Lipinski definition) is 3. The number of aryl methyl sites for hydroxylation is 1. The molecule has 0 aliphatic heterocycles. The lowest BCUT2D eigenvalue weighted by atomic mass is 9.95. The molecule has 0 bridgehead atoms. The zero-order valence-electron chi connectivity index (χ0n) is 13.1. The van der Waals surface area contributed by atoms with E-state index in [1.807, 2.05) is 19.2 Å². The molecule has 0 radical (unpaired) electrons. The van der Waals surface area contributed by atoms with Gasteiger partial charge in [-0.05, 0) is 49.2 Å². The number of benzene rings is 2. The topological polar surface area (TPSA) is 30.5 Å². The molecule has 0 saturated carbocycles. The number of methoxy groups -OCH3 is 2. The molecule has 0 amide bonds. The van der Waals surface area contributed by atoms with Crippen molar-refractivity contribution >= 4 is 0 Å². The molecule has 0 aromatic heterocycles. The summed E-state index contributed by atoms with van der Waals surface area (Å²) < 4.78 is 10.8. The van der Waals surface area contributed by atoms with Crippen LogP contribution in [0.3, 0.4) is 0 Å². The lowest BCUT2D eigenvalue weighted by Gasteiger charge is -2.21. The quantitative estimate of drug-likeness (QED) is 0.881. The molecule has 112 valence electrons. The highest BCUT2D eigenvalue weighted by atomic mass is 16.5. The molecule has 1 atom stereocenters. The van der Waals surface area contributed by atoms with Gasteiger partial charge in [-0.25, -0.2) is 0 Å². The molecule has 0 heterocycles. The van der Waals surface area contributed by atoms with Crippen LogP contribution in [-0.2, 0) is 6.42 Å². The van der Waals surface area contributed by atoms with E-state index >= 15 is 0 Å². The van der Waals surface area contributed by atoms with Crippen LogP contribution in [0, 0.1) is 6.92 Å². The second kappa shape index (κ2) is 7.14. The van der Waals surface area contributed by atoms with Crippen LogP contribution >= 0.6 is 0 Å². The summed E-state index contributed by atoms with van der Waals surface area (Å²) in [7, 11) is 5.32. The zero-order chi connectivity index (χ0) is 15.2. The number of likely N-dealkylation sites (N-methyl/N-ethyl adjacent to an activating group) is 1. The molecule has 0 aliphatic rings. The zero-order valence-corrected chi connectivity index (χ0v) is 13.1. The summed E-state index contributed by atoms with van der Waals surface area (Å²) in [5.74, 6) is 1.54. The molecule has 0 aliphatic carbocycles. The maximum Gasteiger partial charge on any atom is 0.161 e. The number of ether oxygens (including phenoxy) is 2. The summed E-state index contributed by atoms with van der Waals surface area (Å²) in [6, 6.07) is 14.8. The minimum Gasteiger partial charge on any atom is -0.493 e.